The zero-order chi connectivity index (χ0) is 26.2. The first kappa shape index (κ1) is 27.6. The predicted octanol–water partition coefficient (Wildman–Crippen LogP) is 2.53. The summed E-state index contributed by atoms with van der Waals surface area (Å²) in [6.07, 6.45) is 5.13. The van der Waals surface area contributed by atoms with E-state index in [1.807, 2.05) is 30.3 Å². The van der Waals surface area contributed by atoms with Crippen molar-refractivity contribution in [1.82, 2.24) is 15.1 Å². The van der Waals surface area contributed by atoms with E-state index in [2.05, 4.69) is 12.2 Å². The molecule has 0 aliphatic carbocycles. The van der Waals surface area contributed by atoms with E-state index in [1.54, 1.807) is 11.8 Å². The summed E-state index contributed by atoms with van der Waals surface area (Å²) in [5, 5.41) is 22.5. The number of hydrogen-bond acceptors (Lipinski definition) is 5. The van der Waals surface area contributed by atoms with Crippen molar-refractivity contribution in [2.75, 3.05) is 13.1 Å². The van der Waals surface area contributed by atoms with Crippen LogP contribution in [0, 0.1) is 5.92 Å². The summed E-state index contributed by atoms with van der Waals surface area (Å²) in [5.74, 6) is -2.49. The van der Waals surface area contributed by atoms with Crippen LogP contribution >= 0.6 is 0 Å². The maximum atomic E-state index is 13.5. The highest BCUT2D eigenvalue weighted by atomic mass is 16.4. The largest absolute Gasteiger partial charge is 0.480 e. The van der Waals surface area contributed by atoms with Gasteiger partial charge in [0.05, 0.1) is 12.1 Å². The zero-order valence-corrected chi connectivity index (χ0v) is 21.3. The zero-order valence-electron chi connectivity index (χ0n) is 21.3. The molecule has 0 unspecified atom stereocenters. The Morgan fingerprint density at radius 1 is 1.11 bits per heavy atom. The number of nitrogens with one attached hydrogen (secondary N) is 1. The monoisotopic (exact) mass is 501 g/mol. The van der Waals surface area contributed by atoms with Gasteiger partial charge in [0.25, 0.3) is 0 Å². The van der Waals surface area contributed by atoms with Gasteiger partial charge < -0.3 is 20.0 Å². The summed E-state index contributed by atoms with van der Waals surface area (Å²) in [7, 11) is 0. The maximum absolute atomic E-state index is 13.5. The Morgan fingerprint density at radius 2 is 1.83 bits per heavy atom. The Labute approximate surface area is 212 Å². The van der Waals surface area contributed by atoms with E-state index in [1.165, 1.54) is 4.90 Å². The Hall–Kier alpha value is -2.94. The van der Waals surface area contributed by atoms with Gasteiger partial charge >= 0.3 is 11.9 Å². The number of benzene rings is 1. The van der Waals surface area contributed by atoms with Gasteiger partial charge in [-0.15, -0.1) is 0 Å². The van der Waals surface area contributed by atoms with E-state index in [0.29, 0.717) is 45.2 Å². The number of carbonyl (C=O) groups is 4. The molecule has 2 heterocycles. The van der Waals surface area contributed by atoms with Gasteiger partial charge in [-0.3, -0.25) is 19.7 Å². The maximum Gasteiger partial charge on any atom is 0.326 e. The number of piperidine rings is 1. The van der Waals surface area contributed by atoms with Crippen LogP contribution in [0.4, 0.5) is 0 Å². The molecule has 2 aliphatic heterocycles. The van der Waals surface area contributed by atoms with Gasteiger partial charge in [0.2, 0.25) is 11.8 Å². The molecule has 2 fully saturated rings. The number of carboxylic acid groups (broad SMARTS) is 2. The average molecular weight is 502 g/mol. The molecule has 198 valence electrons. The number of nitrogens with zero attached hydrogens (tertiary/aromatic N) is 2. The van der Waals surface area contributed by atoms with E-state index in [4.69, 9.17) is 0 Å². The van der Waals surface area contributed by atoms with Crippen LogP contribution in [0.1, 0.15) is 64.4 Å². The molecular weight excluding hydrogens is 462 g/mol. The van der Waals surface area contributed by atoms with Crippen molar-refractivity contribution in [3.8, 4) is 0 Å². The molecular formula is C27H39N3O6. The SMILES string of the molecule is CCCCCC(=O)N1CC[C@@H]2C[C@H](C(=O)O)N(C(=O)[C@@H](C)N[C@H](CCc3ccccc3)C(=O)O)[C@H]2C1. The molecule has 2 amide bonds. The minimum atomic E-state index is -1.07. The number of aryl methyl sites for hydroxylation is 1. The van der Waals surface area contributed by atoms with E-state index in [9.17, 15) is 29.4 Å². The molecule has 9 nitrogen and oxygen atoms in total. The van der Waals surface area contributed by atoms with Gasteiger partial charge in [0, 0.05) is 19.5 Å². The Kier molecular flexibility index (Phi) is 9.87. The smallest absolute Gasteiger partial charge is 0.326 e. The van der Waals surface area contributed by atoms with E-state index >= 15 is 0 Å². The summed E-state index contributed by atoms with van der Waals surface area (Å²) < 4.78 is 0. The number of carboxylic acids is 2. The molecule has 36 heavy (non-hydrogen) atoms. The second kappa shape index (κ2) is 12.9. The molecule has 1 aromatic carbocycles. The molecule has 2 saturated heterocycles. The molecule has 0 spiro atoms. The van der Waals surface area contributed by atoms with E-state index < -0.39 is 36.0 Å². The van der Waals surface area contributed by atoms with Crippen molar-refractivity contribution in [3.05, 3.63) is 35.9 Å². The number of aliphatic carboxylic acids is 2. The van der Waals surface area contributed by atoms with Gasteiger partial charge in [0.15, 0.2) is 0 Å². The lowest BCUT2D eigenvalue weighted by molar-refractivity contribution is -0.152. The average Bonchev–Trinajstić information content (AvgIpc) is 3.25. The first-order valence-electron chi connectivity index (χ1n) is 13.1. The molecule has 0 saturated carbocycles. The number of unbranched alkanes of at least 4 members (excludes halogenated alkanes) is 2. The third kappa shape index (κ3) is 6.84. The minimum absolute atomic E-state index is 0.00953. The molecule has 3 N–H and O–H groups in total. The van der Waals surface area contributed by atoms with Crippen LogP contribution in [0.15, 0.2) is 30.3 Å². The lowest BCUT2D eigenvalue weighted by atomic mass is 9.91. The van der Waals surface area contributed by atoms with Gasteiger partial charge in [-0.25, -0.2) is 4.79 Å². The van der Waals surface area contributed by atoms with Crippen LogP contribution in [0.5, 0.6) is 0 Å². The standard InChI is InChI=1S/C27H39N3O6/c1-3-4-6-11-24(31)29-15-14-20-16-22(27(35)36)30(23(20)17-29)25(32)18(2)28-21(26(33)34)13-12-19-9-7-5-8-10-19/h5,7-10,18,20-23,28H,3-4,6,11-17H2,1-2H3,(H,33,34)(H,35,36)/t18-,20-,21-,22-,23+/m1/s1. The van der Waals surface area contributed by atoms with Crippen molar-refractivity contribution >= 4 is 23.8 Å². The highest BCUT2D eigenvalue weighted by molar-refractivity contribution is 5.88. The fourth-order valence-corrected chi connectivity index (χ4v) is 5.48. The second-order valence-corrected chi connectivity index (χ2v) is 10.1. The van der Waals surface area contributed by atoms with Gasteiger partial charge in [0.1, 0.15) is 12.1 Å². The number of likely N-dealkylation sites (tertiary alicyclic amines) is 2. The van der Waals surface area contributed by atoms with Gasteiger partial charge in [-0.2, -0.15) is 0 Å². The van der Waals surface area contributed by atoms with Crippen LogP contribution in [0.3, 0.4) is 0 Å². The van der Waals surface area contributed by atoms with E-state index in [-0.39, 0.29) is 17.9 Å². The Morgan fingerprint density at radius 3 is 2.47 bits per heavy atom. The van der Waals surface area contributed by atoms with Crippen molar-refractivity contribution in [1.29, 1.82) is 0 Å². The summed E-state index contributed by atoms with van der Waals surface area (Å²) in [4.78, 5) is 53.4. The molecule has 9 heteroatoms. The van der Waals surface area contributed by atoms with Crippen molar-refractivity contribution in [2.45, 2.75) is 89.4 Å². The number of fused-ring (bicyclic) bond motifs is 1. The van der Waals surface area contributed by atoms with Crippen LogP contribution in [-0.4, -0.2) is 81.0 Å². The summed E-state index contributed by atoms with van der Waals surface area (Å²) >= 11 is 0. The molecule has 3 rings (SSSR count). The summed E-state index contributed by atoms with van der Waals surface area (Å²) in [6.45, 7) is 4.57. The third-order valence-electron chi connectivity index (χ3n) is 7.51. The highest BCUT2D eigenvalue weighted by Crippen LogP contribution is 2.37. The van der Waals surface area contributed by atoms with Crippen LogP contribution in [0.25, 0.3) is 0 Å². The summed E-state index contributed by atoms with van der Waals surface area (Å²) in [5.41, 5.74) is 1.00. The number of amides is 2. The van der Waals surface area contributed by atoms with Crippen molar-refractivity contribution < 1.29 is 29.4 Å². The molecule has 0 radical (unpaired) electrons. The summed E-state index contributed by atoms with van der Waals surface area (Å²) in [6, 6.07) is 6.35. The fraction of sp³-hybridized carbons (Fsp3) is 0.630. The Balaban J connectivity index is 1.68. The minimum Gasteiger partial charge on any atom is -0.480 e. The number of carbonyl (C=O) groups excluding carboxylic acids is 2. The first-order chi connectivity index (χ1) is 17.2. The molecule has 2 aliphatic rings. The molecule has 0 aromatic heterocycles. The van der Waals surface area contributed by atoms with Gasteiger partial charge in [-0.1, -0.05) is 50.1 Å². The fourth-order valence-electron chi connectivity index (χ4n) is 5.48. The number of rotatable bonds is 12. The lowest BCUT2D eigenvalue weighted by Crippen LogP contribution is -2.58. The molecule has 5 atom stereocenters. The van der Waals surface area contributed by atoms with E-state index in [0.717, 1.165) is 24.8 Å². The second-order valence-electron chi connectivity index (χ2n) is 10.1. The third-order valence-corrected chi connectivity index (χ3v) is 7.51. The number of hydrogen-bond donors (Lipinski definition) is 3. The topological polar surface area (TPSA) is 127 Å². The first-order valence-corrected chi connectivity index (χ1v) is 13.1. The highest BCUT2D eigenvalue weighted by Gasteiger charge is 2.50. The van der Waals surface area contributed by atoms with Crippen LogP contribution < -0.4 is 5.32 Å². The molecule has 1 aromatic rings. The molecule has 0 bridgehead atoms. The predicted molar refractivity (Wildman–Crippen MR) is 134 cm³/mol. The Bertz CT molecular complexity index is 923. The lowest BCUT2D eigenvalue weighted by Gasteiger charge is -2.40. The quantitative estimate of drug-likeness (QED) is 0.376. The van der Waals surface area contributed by atoms with Crippen LogP contribution in [-0.2, 0) is 25.6 Å². The van der Waals surface area contributed by atoms with Crippen molar-refractivity contribution in [2.24, 2.45) is 5.92 Å². The van der Waals surface area contributed by atoms with Crippen LogP contribution in [0.2, 0.25) is 0 Å². The van der Waals surface area contributed by atoms with Gasteiger partial charge in [-0.05, 0) is 50.5 Å². The normalized spacial score (nSPS) is 23.1. The van der Waals surface area contributed by atoms with Crippen molar-refractivity contribution in [3.63, 3.8) is 0 Å².